The molecule has 1 aliphatic heterocycles. The minimum Gasteiger partial charge on any atom is -0.484 e. The lowest BCUT2D eigenvalue weighted by atomic mass is 10.0. The molecule has 4 rings (SSSR count). The number of carbonyl (C=O) groups is 2. The molecule has 7 heteroatoms. The third-order valence-electron chi connectivity index (χ3n) is 5.49. The zero-order valence-electron chi connectivity index (χ0n) is 17.3. The fourth-order valence-electron chi connectivity index (χ4n) is 3.61. The number of fused-ring (bicyclic) bond motifs is 1. The quantitative estimate of drug-likeness (QED) is 0.654. The fourth-order valence-corrected chi connectivity index (χ4v) is 3.61. The lowest BCUT2D eigenvalue weighted by Crippen LogP contribution is -2.51. The molecule has 7 nitrogen and oxygen atoms in total. The average Bonchev–Trinajstić information content (AvgIpc) is 3.21. The normalized spacial score (nSPS) is 14.4. The predicted molar refractivity (Wildman–Crippen MR) is 114 cm³/mol. The Bertz CT molecular complexity index is 1030. The summed E-state index contributed by atoms with van der Waals surface area (Å²) < 4.78 is 7.35. The van der Waals surface area contributed by atoms with Crippen molar-refractivity contribution in [3.05, 3.63) is 66.0 Å². The first-order valence-electron chi connectivity index (χ1n) is 10.2. The van der Waals surface area contributed by atoms with E-state index in [4.69, 9.17) is 4.74 Å². The predicted octanol–water partition coefficient (Wildman–Crippen LogP) is 2.82. The maximum absolute atomic E-state index is 12.9. The molecular weight excluding hydrogens is 380 g/mol. The van der Waals surface area contributed by atoms with Gasteiger partial charge in [0.25, 0.3) is 11.8 Å². The number of hydrogen-bond donors (Lipinski definition) is 0. The number of benzene rings is 1. The number of piperazine rings is 1. The van der Waals surface area contributed by atoms with Crippen LogP contribution in [0.3, 0.4) is 0 Å². The van der Waals surface area contributed by atoms with Crippen LogP contribution < -0.4 is 4.74 Å². The maximum Gasteiger partial charge on any atom is 0.260 e. The molecule has 0 radical (unpaired) electrons. The zero-order chi connectivity index (χ0) is 21.1. The van der Waals surface area contributed by atoms with Crippen molar-refractivity contribution in [1.29, 1.82) is 0 Å². The van der Waals surface area contributed by atoms with E-state index in [0.717, 1.165) is 5.52 Å². The number of rotatable bonds is 5. The van der Waals surface area contributed by atoms with Crippen LogP contribution >= 0.6 is 0 Å². The highest BCUT2D eigenvalue weighted by Gasteiger charge is 2.26. The first kappa shape index (κ1) is 19.9. The number of amides is 2. The first-order chi connectivity index (χ1) is 14.5. The fraction of sp³-hybridized carbons (Fsp3) is 0.348. The Morgan fingerprint density at radius 2 is 1.70 bits per heavy atom. The zero-order valence-corrected chi connectivity index (χ0v) is 17.3. The van der Waals surface area contributed by atoms with E-state index in [1.165, 1.54) is 5.56 Å². The summed E-state index contributed by atoms with van der Waals surface area (Å²) in [5.74, 6) is 1.03. The van der Waals surface area contributed by atoms with E-state index in [2.05, 4.69) is 18.9 Å². The second-order valence-corrected chi connectivity index (χ2v) is 7.77. The van der Waals surface area contributed by atoms with Gasteiger partial charge in [-0.15, -0.1) is 0 Å². The summed E-state index contributed by atoms with van der Waals surface area (Å²) in [4.78, 5) is 28.9. The van der Waals surface area contributed by atoms with Crippen molar-refractivity contribution in [2.45, 2.75) is 19.8 Å². The molecule has 30 heavy (non-hydrogen) atoms. The summed E-state index contributed by atoms with van der Waals surface area (Å²) in [6.45, 7) is 6.27. The summed E-state index contributed by atoms with van der Waals surface area (Å²) in [7, 11) is 0. The number of hydrogen-bond acceptors (Lipinski definition) is 4. The van der Waals surface area contributed by atoms with Crippen LogP contribution in [-0.2, 0) is 4.79 Å². The Labute approximate surface area is 175 Å². The largest absolute Gasteiger partial charge is 0.484 e. The van der Waals surface area contributed by atoms with E-state index >= 15 is 0 Å². The van der Waals surface area contributed by atoms with Crippen molar-refractivity contribution in [2.24, 2.45) is 0 Å². The molecule has 0 bridgehead atoms. The summed E-state index contributed by atoms with van der Waals surface area (Å²) in [5.41, 5.74) is 2.61. The molecule has 0 N–H and O–H groups in total. The number of ether oxygens (including phenoxy) is 1. The molecule has 2 aromatic heterocycles. The van der Waals surface area contributed by atoms with E-state index in [1.807, 2.05) is 48.7 Å². The minimum atomic E-state index is -0.0639. The Morgan fingerprint density at radius 1 is 1.00 bits per heavy atom. The van der Waals surface area contributed by atoms with Gasteiger partial charge < -0.3 is 14.5 Å². The third-order valence-corrected chi connectivity index (χ3v) is 5.49. The average molecular weight is 406 g/mol. The second-order valence-electron chi connectivity index (χ2n) is 7.77. The van der Waals surface area contributed by atoms with Crippen LogP contribution in [0.4, 0.5) is 0 Å². The van der Waals surface area contributed by atoms with Crippen LogP contribution in [0, 0.1) is 0 Å². The van der Waals surface area contributed by atoms with E-state index in [1.54, 1.807) is 20.5 Å². The molecule has 1 fully saturated rings. The lowest BCUT2D eigenvalue weighted by molar-refractivity contribution is -0.134. The van der Waals surface area contributed by atoms with Crippen LogP contribution in [0.15, 0.2) is 54.9 Å². The number of pyridine rings is 1. The standard InChI is InChI=1S/C23H26N4O3/c1-17(2)18-6-8-19(9-7-18)30-16-22(28)25-11-13-26(14-12-25)23(29)20-15-24-27-10-4-3-5-21(20)27/h3-10,15,17H,11-14,16H2,1-2H3. The molecule has 2 amide bonds. The van der Waals surface area contributed by atoms with E-state index in [-0.39, 0.29) is 18.4 Å². The van der Waals surface area contributed by atoms with Gasteiger partial charge >= 0.3 is 0 Å². The monoisotopic (exact) mass is 406 g/mol. The Hall–Kier alpha value is -3.35. The summed E-state index contributed by atoms with van der Waals surface area (Å²) in [6, 6.07) is 13.5. The second kappa shape index (κ2) is 8.57. The molecular formula is C23H26N4O3. The minimum absolute atomic E-state index is 0.00300. The SMILES string of the molecule is CC(C)c1ccc(OCC(=O)N2CCN(C(=O)c3cnn4ccccc34)CC2)cc1. The van der Waals surface area contributed by atoms with Crippen LogP contribution in [-0.4, -0.2) is 64.0 Å². The van der Waals surface area contributed by atoms with E-state index in [9.17, 15) is 9.59 Å². The smallest absolute Gasteiger partial charge is 0.260 e. The molecule has 0 spiro atoms. The van der Waals surface area contributed by atoms with Gasteiger partial charge in [0, 0.05) is 32.4 Å². The van der Waals surface area contributed by atoms with Gasteiger partial charge in [-0.3, -0.25) is 9.59 Å². The van der Waals surface area contributed by atoms with Crippen LogP contribution in [0.25, 0.3) is 5.52 Å². The molecule has 3 heterocycles. The van der Waals surface area contributed by atoms with Crippen LogP contribution in [0.2, 0.25) is 0 Å². The van der Waals surface area contributed by atoms with Crippen molar-refractivity contribution in [2.75, 3.05) is 32.8 Å². The van der Waals surface area contributed by atoms with Crippen LogP contribution in [0.1, 0.15) is 35.7 Å². The van der Waals surface area contributed by atoms with Crippen molar-refractivity contribution in [1.82, 2.24) is 19.4 Å². The molecule has 0 unspecified atom stereocenters. The highest BCUT2D eigenvalue weighted by Crippen LogP contribution is 2.19. The molecule has 0 saturated carbocycles. The number of nitrogens with zero attached hydrogens (tertiary/aromatic N) is 4. The van der Waals surface area contributed by atoms with Crippen LogP contribution in [0.5, 0.6) is 5.75 Å². The molecule has 0 aliphatic carbocycles. The summed E-state index contributed by atoms with van der Waals surface area (Å²) >= 11 is 0. The number of aromatic nitrogens is 2. The Kier molecular flexibility index (Phi) is 5.70. The molecule has 156 valence electrons. The van der Waals surface area contributed by atoms with Gasteiger partial charge in [0.2, 0.25) is 0 Å². The van der Waals surface area contributed by atoms with Crippen molar-refractivity contribution in [3.63, 3.8) is 0 Å². The van der Waals surface area contributed by atoms with Crippen molar-refractivity contribution < 1.29 is 14.3 Å². The van der Waals surface area contributed by atoms with Gasteiger partial charge in [0.05, 0.1) is 17.3 Å². The van der Waals surface area contributed by atoms with Gasteiger partial charge in [-0.2, -0.15) is 5.10 Å². The highest BCUT2D eigenvalue weighted by atomic mass is 16.5. The highest BCUT2D eigenvalue weighted by molar-refractivity contribution is 6.00. The van der Waals surface area contributed by atoms with Gasteiger partial charge in [-0.1, -0.05) is 32.0 Å². The number of carbonyl (C=O) groups excluding carboxylic acids is 2. The van der Waals surface area contributed by atoms with Gasteiger partial charge in [-0.25, -0.2) is 4.52 Å². The Balaban J connectivity index is 1.29. The van der Waals surface area contributed by atoms with Gasteiger partial charge in [-0.05, 0) is 35.7 Å². The van der Waals surface area contributed by atoms with Crippen molar-refractivity contribution in [3.8, 4) is 5.75 Å². The molecule has 1 aromatic carbocycles. The van der Waals surface area contributed by atoms with E-state index < -0.39 is 0 Å². The first-order valence-corrected chi connectivity index (χ1v) is 10.2. The van der Waals surface area contributed by atoms with Gasteiger partial charge in [0.1, 0.15) is 5.75 Å². The van der Waals surface area contributed by atoms with Gasteiger partial charge in [0.15, 0.2) is 6.61 Å². The van der Waals surface area contributed by atoms with Crippen molar-refractivity contribution >= 4 is 17.3 Å². The topological polar surface area (TPSA) is 67.2 Å². The molecule has 0 atom stereocenters. The molecule has 1 aliphatic rings. The Morgan fingerprint density at radius 3 is 2.40 bits per heavy atom. The summed E-state index contributed by atoms with van der Waals surface area (Å²) in [5, 5.41) is 4.23. The maximum atomic E-state index is 12.9. The van der Waals surface area contributed by atoms with E-state index in [0.29, 0.717) is 43.4 Å². The lowest BCUT2D eigenvalue weighted by Gasteiger charge is -2.34. The third kappa shape index (κ3) is 4.15. The summed E-state index contributed by atoms with van der Waals surface area (Å²) in [6.07, 6.45) is 3.42. The molecule has 1 saturated heterocycles. The molecule has 3 aromatic rings.